The second kappa shape index (κ2) is 13.8. The Morgan fingerprint density at radius 2 is 1.86 bits per heavy atom. The number of ether oxygens (including phenoxy) is 2. The summed E-state index contributed by atoms with van der Waals surface area (Å²) in [6, 6.07) is 22.6. The van der Waals surface area contributed by atoms with Crippen molar-refractivity contribution in [3.63, 3.8) is 0 Å². The van der Waals surface area contributed by atoms with Gasteiger partial charge in [-0.25, -0.2) is 10.4 Å². The minimum absolute atomic E-state index is 0.0613. The van der Waals surface area contributed by atoms with Crippen LogP contribution in [0.3, 0.4) is 0 Å². The van der Waals surface area contributed by atoms with Crippen LogP contribution in [0.2, 0.25) is 0 Å². The van der Waals surface area contributed by atoms with Crippen LogP contribution in [-0.4, -0.2) is 42.2 Å². The standard InChI is InChI=1S/C31H33BrN6O4/c32-26-12-8-22(9-13-26)28-31(30(40)37-34-19-21-6-7-21,18-24-4-1-2-5-25(24)20-35-38-33)36-29(42-28)23-10-14-27(15-11-23)41-17-3-16-39/h1-2,4-5,8-15,21,28,34,39H,3,6-7,16-20H2,(H,37,40)/t28-,31-/m0/s1. The highest BCUT2D eigenvalue weighted by Gasteiger charge is 2.53. The number of azide groups is 1. The molecule has 10 nitrogen and oxygen atoms in total. The lowest BCUT2D eigenvalue weighted by Crippen LogP contribution is -2.54. The molecule has 0 saturated heterocycles. The molecule has 1 heterocycles. The summed E-state index contributed by atoms with van der Waals surface area (Å²) in [6.45, 7) is 1.31. The zero-order valence-corrected chi connectivity index (χ0v) is 24.7. The smallest absolute Gasteiger partial charge is 0.266 e. The van der Waals surface area contributed by atoms with E-state index in [9.17, 15) is 4.79 Å². The van der Waals surface area contributed by atoms with Crippen molar-refractivity contribution in [1.29, 1.82) is 0 Å². The fraction of sp³-hybridized carbons (Fsp3) is 0.355. The third-order valence-corrected chi connectivity index (χ3v) is 7.90. The number of carbonyl (C=O) groups is 1. The highest BCUT2D eigenvalue weighted by Crippen LogP contribution is 2.43. The quantitative estimate of drug-likeness (QED) is 0.0702. The first-order chi connectivity index (χ1) is 20.5. The number of hydrogen-bond donors (Lipinski definition) is 3. The average Bonchev–Trinajstić information content (AvgIpc) is 3.76. The largest absolute Gasteiger partial charge is 0.494 e. The number of amides is 1. The minimum Gasteiger partial charge on any atom is -0.494 e. The van der Waals surface area contributed by atoms with Crippen molar-refractivity contribution in [2.45, 2.75) is 43.9 Å². The van der Waals surface area contributed by atoms with Gasteiger partial charge < -0.3 is 14.6 Å². The molecule has 0 spiro atoms. The van der Waals surface area contributed by atoms with Crippen LogP contribution in [0.15, 0.2) is 87.4 Å². The number of aliphatic imine (C=N–C) groups is 1. The Morgan fingerprint density at radius 1 is 1.12 bits per heavy atom. The molecule has 0 aromatic heterocycles. The number of nitrogens with one attached hydrogen (secondary N) is 2. The van der Waals surface area contributed by atoms with Crippen LogP contribution in [-0.2, 0) is 22.5 Å². The molecule has 1 amide bonds. The Kier molecular flexibility index (Phi) is 9.76. The molecule has 1 aliphatic carbocycles. The SMILES string of the molecule is [N-]=[N+]=NCc1ccccc1C[C@]1(C(=O)NNCC2CC2)N=C(c2ccc(OCCCO)cc2)O[C@H]1c1ccc(Br)cc1. The molecule has 3 aromatic rings. The van der Waals surface area contributed by atoms with Crippen molar-refractivity contribution in [2.24, 2.45) is 16.0 Å². The van der Waals surface area contributed by atoms with Crippen molar-refractivity contribution >= 4 is 27.7 Å². The van der Waals surface area contributed by atoms with E-state index in [1.165, 1.54) is 0 Å². The minimum atomic E-state index is -1.37. The first kappa shape index (κ1) is 29.6. The van der Waals surface area contributed by atoms with E-state index in [0.29, 0.717) is 42.7 Å². The van der Waals surface area contributed by atoms with Crippen LogP contribution in [0, 0.1) is 5.92 Å². The lowest BCUT2D eigenvalue weighted by atomic mass is 9.81. The molecular formula is C31H33BrN6O4. The van der Waals surface area contributed by atoms with Crippen molar-refractivity contribution in [3.8, 4) is 5.75 Å². The Bertz CT molecular complexity index is 1460. The predicted molar refractivity (Wildman–Crippen MR) is 163 cm³/mol. The number of aliphatic hydroxyl groups is 1. The second-order valence-corrected chi connectivity index (χ2v) is 11.4. The number of carbonyl (C=O) groups excluding carboxylic acids is 1. The van der Waals surface area contributed by atoms with E-state index >= 15 is 0 Å². The van der Waals surface area contributed by atoms with Crippen LogP contribution in [0.4, 0.5) is 0 Å². The first-order valence-corrected chi connectivity index (χ1v) is 14.8. The van der Waals surface area contributed by atoms with Gasteiger partial charge in [0.2, 0.25) is 5.90 Å². The number of hydrazine groups is 1. The first-order valence-electron chi connectivity index (χ1n) is 14.0. The number of rotatable bonds is 14. The summed E-state index contributed by atoms with van der Waals surface area (Å²) in [5.74, 6) is 1.25. The van der Waals surface area contributed by atoms with Crippen LogP contribution in [0.5, 0.6) is 5.75 Å². The third kappa shape index (κ3) is 7.11. The van der Waals surface area contributed by atoms with Crippen molar-refractivity contribution in [1.82, 2.24) is 10.9 Å². The summed E-state index contributed by atoms with van der Waals surface area (Å²) < 4.78 is 13.2. The zero-order chi connectivity index (χ0) is 29.4. The molecule has 2 atom stereocenters. The molecule has 2 aliphatic rings. The molecule has 0 unspecified atom stereocenters. The van der Waals surface area contributed by atoms with Crippen LogP contribution < -0.4 is 15.6 Å². The maximum Gasteiger partial charge on any atom is 0.266 e. The number of benzene rings is 3. The number of nitrogens with zero attached hydrogens (tertiary/aromatic N) is 4. The lowest BCUT2D eigenvalue weighted by molar-refractivity contribution is -0.130. The molecular weight excluding hydrogens is 600 g/mol. The van der Waals surface area contributed by atoms with Gasteiger partial charge in [-0.2, -0.15) is 0 Å². The molecule has 0 radical (unpaired) electrons. The van der Waals surface area contributed by atoms with Gasteiger partial charge in [-0.3, -0.25) is 10.2 Å². The second-order valence-electron chi connectivity index (χ2n) is 10.5. The van der Waals surface area contributed by atoms with Crippen LogP contribution in [0.25, 0.3) is 10.4 Å². The third-order valence-electron chi connectivity index (χ3n) is 7.37. The Balaban J connectivity index is 1.55. The molecule has 1 aliphatic heterocycles. The molecule has 1 fully saturated rings. The van der Waals surface area contributed by atoms with Crippen molar-refractivity contribution in [2.75, 3.05) is 19.8 Å². The number of hydrogen-bond acceptors (Lipinski definition) is 7. The van der Waals surface area contributed by atoms with Gasteiger partial charge >= 0.3 is 0 Å². The highest BCUT2D eigenvalue weighted by molar-refractivity contribution is 9.10. The Labute approximate surface area is 252 Å². The van der Waals surface area contributed by atoms with Gasteiger partial charge in [0.25, 0.3) is 5.91 Å². The summed E-state index contributed by atoms with van der Waals surface area (Å²) >= 11 is 3.51. The van der Waals surface area contributed by atoms with E-state index in [1.807, 2.05) is 72.8 Å². The van der Waals surface area contributed by atoms with Gasteiger partial charge in [-0.15, -0.1) is 0 Å². The highest BCUT2D eigenvalue weighted by atomic mass is 79.9. The van der Waals surface area contributed by atoms with E-state index in [-0.39, 0.29) is 25.5 Å². The Morgan fingerprint density at radius 3 is 2.55 bits per heavy atom. The molecule has 5 rings (SSSR count). The van der Waals surface area contributed by atoms with Gasteiger partial charge in [0, 0.05) is 40.9 Å². The predicted octanol–water partition coefficient (Wildman–Crippen LogP) is 5.55. The summed E-state index contributed by atoms with van der Waals surface area (Å²) in [6.07, 6.45) is 2.31. The Hall–Kier alpha value is -3.89. The molecule has 0 bridgehead atoms. The van der Waals surface area contributed by atoms with Gasteiger partial charge in [0.15, 0.2) is 11.6 Å². The monoisotopic (exact) mass is 632 g/mol. The lowest BCUT2D eigenvalue weighted by Gasteiger charge is -2.31. The number of halogens is 1. The zero-order valence-electron chi connectivity index (χ0n) is 23.1. The molecule has 11 heteroatoms. The van der Waals surface area contributed by atoms with Crippen LogP contribution in [0.1, 0.15) is 47.6 Å². The topological polar surface area (TPSA) is 141 Å². The molecule has 218 valence electrons. The van der Waals surface area contributed by atoms with Crippen molar-refractivity contribution in [3.05, 3.63) is 110 Å². The van der Waals surface area contributed by atoms with Gasteiger partial charge in [0.05, 0.1) is 13.2 Å². The van der Waals surface area contributed by atoms with E-state index < -0.39 is 11.6 Å². The van der Waals surface area contributed by atoms with E-state index in [2.05, 4.69) is 36.8 Å². The molecule has 3 N–H and O–H groups in total. The maximum atomic E-state index is 14.2. The maximum absolute atomic E-state index is 14.2. The molecule has 3 aromatic carbocycles. The van der Waals surface area contributed by atoms with Crippen LogP contribution >= 0.6 is 15.9 Å². The fourth-order valence-electron chi connectivity index (χ4n) is 4.91. The van der Waals surface area contributed by atoms with Gasteiger partial charge in [-0.1, -0.05) is 57.4 Å². The normalized spacial score (nSPS) is 19.4. The average molecular weight is 634 g/mol. The van der Waals surface area contributed by atoms with Crippen molar-refractivity contribution < 1.29 is 19.4 Å². The van der Waals surface area contributed by atoms with E-state index in [0.717, 1.165) is 34.0 Å². The van der Waals surface area contributed by atoms with Gasteiger partial charge in [0.1, 0.15) is 5.75 Å². The van der Waals surface area contributed by atoms with E-state index in [1.54, 1.807) is 0 Å². The summed E-state index contributed by atoms with van der Waals surface area (Å²) in [5, 5.41) is 12.8. The summed E-state index contributed by atoms with van der Waals surface area (Å²) in [7, 11) is 0. The summed E-state index contributed by atoms with van der Waals surface area (Å²) in [4.78, 5) is 22.2. The van der Waals surface area contributed by atoms with Gasteiger partial charge in [-0.05, 0) is 77.4 Å². The molecule has 1 saturated carbocycles. The molecule has 42 heavy (non-hydrogen) atoms. The fourth-order valence-corrected chi connectivity index (χ4v) is 5.17. The van der Waals surface area contributed by atoms with E-state index in [4.69, 9.17) is 25.1 Å². The number of aliphatic hydroxyl groups excluding tert-OH is 1. The summed E-state index contributed by atoms with van der Waals surface area (Å²) in [5.41, 5.74) is 16.8.